The molecule has 0 unspecified atom stereocenters. The Hall–Kier alpha value is -3.67. The lowest BCUT2D eigenvalue weighted by molar-refractivity contribution is 0.0952. The van der Waals surface area contributed by atoms with Gasteiger partial charge in [-0.3, -0.25) is 4.79 Å². The first-order chi connectivity index (χ1) is 15.1. The third-order valence-electron chi connectivity index (χ3n) is 5.63. The van der Waals surface area contributed by atoms with Crippen molar-refractivity contribution in [2.75, 3.05) is 7.11 Å². The maximum atomic E-state index is 13.3. The van der Waals surface area contributed by atoms with Gasteiger partial charge in [-0.2, -0.15) is 0 Å². The number of aryl methyl sites for hydroxylation is 1. The van der Waals surface area contributed by atoms with E-state index in [2.05, 4.69) is 15.5 Å². The topological polar surface area (TPSA) is 77.2 Å². The lowest BCUT2D eigenvalue weighted by Crippen LogP contribution is -2.23. The van der Waals surface area contributed by atoms with Crippen LogP contribution in [0.5, 0.6) is 5.75 Å². The SMILES string of the molecule is COc1ccc(C)cc1CNC(=O)c1cc(C2CC2)nc2onc(-c3ccccc3)c12. The number of pyridine rings is 1. The summed E-state index contributed by atoms with van der Waals surface area (Å²) < 4.78 is 11.0. The van der Waals surface area contributed by atoms with E-state index in [1.54, 1.807) is 7.11 Å². The van der Waals surface area contributed by atoms with E-state index in [4.69, 9.17) is 9.26 Å². The molecule has 0 spiro atoms. The van der Waals surface area contributed by atoms with Gasteiger partial charge < -0.3 is 14.6 Å². The van der Waals surface area contributed by atoms with Gasteiger partial charge in [0.15, 0.2) is 0 Å². The van der Waals surface area contributed by atoms with Crippen molar-refractivity contribution in [1.82, 2.24) is 15.5 Å². The summed E-state index contributed by atoms with van der Waals surface area (Å²) in [5.41, 5.74) is 5.39. The Labute approximate surface area is 180 Å². The van der Waals surface area contributed by atoms with Crippen molar-refractivity contribution in [2.45, 2.75) is 32.2 Å². The second-order valence-corrected chi connectivity index (χ2v) is 7.94. The molecule has 5 rings (SSSR count). The minimum Gasteiger partial charge on any atom is -0.496 e. The number of amides is 1. The number of carbonyl (C=O) groups excluding carboxylic acids is 1. The Bertz CT molecular complexity index is 1260. The molecule has 2 heterocycles. The Kier molecular flexibility index (Phi) is 4.90. The zero-order chi connectivity index (χ0) is 21.4. The minimum absolute atomic E-state index is 0.182. The van der Waals surface area contributed by atoms with Crippen molar-refractivity contribution in [3.05, 3.63) is 77.0 Å². The van der Waals surface area contributed by atoms with E-state index in [0.717, 1.165) is 41.0 Å². The van der Waals surface area contributed by atoms with E-state index in [0.29, 0.717) is 34.8 Å². The van der Waals surface area contributed by atoms with E-state index < -0.39 is 0 Å². The number of ether oxygens (including phenoxy) is 1. The molecule has 0 saturated heterocycles. The summed E-state index contributed by atoms with van der Waals surface area (Å²) in [6.07, 6.45) is 2.17. The van der Waals surface area contributed by atoms with E-state index in [1.165, 1.54) is 0 Å². The number of aromatic nitrogens is 2. The van der Waals surface area contributed by atoms with Crippen LogP contribution in [0.2, 0.25) is 0 Å². The fourth-order valence-corrected chi connectivity index (χ4v) is 3.85. The normalized spacial score (nSPS) is 13.4. The number of carbonyl (C=O) groups is 1. The van der Waals surface area contributed by atoms with Gasteiger partial charge in [0.25, 0.3) is 11.6 Å². The van der Waals surface area contributed by atoms with Crippen molar-refractivity contribution >= 4 is 17.0 Å². The van der Waals surface area contributed by atoms with Crippen LogP contribution in [0.25, 0.3) is 22.4 Å². The predicted octanol–water partition coefficient (Wildman–Crippen LogP) is 5.01. The molecule has 1 aliphatic carbocycles. The predicted molar refractivity (Wildman–Crippen MR) is 118 cm³/mol. The second-order valence-electron chi connectivity index (χ2n) is 7.94. The van der Waals surface area contributed by atoms with Gasteiger partial charge >= 0.3 is 0 Å². The highest BCUT2D eigenvalue weighted by Gasteiger charge is 2.29. The summed E-state index contributed by atoms with van der Waals surface area (Å²) in [4.78, 5) is 18.0. The summed E-state index contributed by atoms with van der Waals surface area (Å²) in [5.74, 6) is 0.954. The van der Waals surface area contributed by atoms with Crippen LogP contribution < -0.4 is 10.1 Å². The zero-order valence-corrected chi connectivity index (χ0v) is 17.5. The van der Waals surface area contributed by atoms with Crippen molar-refractivity contribution in [3.63, 3.8) is 0 Å². The molecule has 6 nitrogen and oxygen atoms in total. The largest absolute Gasteiger partial charge is 0.496 e. The molecule has 0 radical (unpaired) electrons. The number of hydrogen-bond donors (Lipinski definition) is 1. The van der Waals surface area contributed by atoms with E-state index in [9.17, 15) is 4.79 Å². The highest BCUT2D eigenvalue weighted by molar-refractivity contribution is 6.09. The molecule has 4 aromatic rings. The molecular weight excluding hydrogens is 390 g/mol. The molecule has 0 bridgehead atoms. The van der Waals surface area contributed by atoms with Crippen LogP contribution in [-0.2, 0) is 6.54 Å². The first kappa shape index (κ1) is 19.3. The summed E-state index contributed by atoms with van der Waals surface area (Å²) >= 11 is 0. The van der Waals surface area contributed by atoms with Gasteiger partial charge in [0.1, 0.15) is 11.4 Å². The lowest BCUT2D eigenvalue weighted by Gasteiger charge is -2.12. The summed E-state index contributed by atoms with van der Waals surface area (Å²) in [6, 6.07) is 17.5. The molecular formula is C25H23N3O3. The zero-order valence-electron chi connectivity index (χ0n) is 17.5. The molecule has 1 fully saturated rings. The minimum atomic E-state index is -0.182. The first-order valence-corrected chi connectivity index (χ1v) is 10.4. The van der Waals surface area contributed by atoms with E-state index in [-0.39, 0.29) is 5.91 Å². The van der Waals surface area contributed by atoms with Crippen molar-refractivity contribution in [1.29, 1.82) is 0 Å². The highest BCUT2D eigenvalue weighted by atomic mass is 16.5. The number of rotatable bonds is 6. The number of nitrogens with one attached hydrogen (secondary N) is 1. The van der Waals surface area contributed by atoms with Gasteiger partial charge in [0.2, 0.25) is 0 Å². The number of methoxy groups -OCH3 is 1. The molecule has 1 amide bonds. The Morgan fingerprint density at radius 2 is 1.97 bits per heavy atom. The van der Waals surface area contributed by atoms with Gasteiger partial charge in [0.05, 0.1) is 18.1 Å². The third kappa shape index (κ3) is 3.77. The monoisotopic (exact) mass is 413 g/mol. The van der Waals surface area contributed by atoms with Crippen LogP contribution in [0.15, 0.2) is 59.1 Å². The van der Waals surface area contributed by atoms with E-state index in [1.807, 2.05) is 61.5 Å². The standard InChI is InChI=1S/C25H23N3O3/c1-15-8-11-21(30-2)18(12-15)14-26-24(29)19-13-20(16-9-10-16)27-25-22(19)23(28-31-25)17-6-4-3-5-7-17/h3-8,11-13,16H,9-10,14H2,1-2H3,(H,26,29). The smallest absolute Gasteiger partial charge is 0.259 e. The fourth-order valence-electron chi connectivity index (χ4n) is 3.85. The quantitative estimate of drug-likeness (QED) is 0.481. The van der Waals surface area contributed by atoms with Gasteiger partial charge in [-0.25, -0.2) is 4.98 Å². The van der Waals surface area contributed by atoms with Crippen LogP contribution in [-0.4, -0.2) is 23.2 Å². The number of benzene rings is 2. The van der Waals surface area contributed by atoms with Crippen LogP contribution in [0.1, 0.15) is 45.9 Å². The Morgan fingerprint density at radius 1 is 1.16 bits per heavy atom. The molecule has 0 aliphatic heterocycles. The van der Waals surface area contributed by atoms with Crippen molar-refractivity contribution in [3.8, 4) is 17.0 Å². The van der Waals surface area contributed by atoms with Crippen LogP contribution in [0.3, 0.4) is 0 Å². The van der Waals surface area contributed by atoms with E-state index >= 15 is 0 Å². The lowest BCUT2D eigenvalue weighted by atomic mass is 10.0. The molecule has 31 heavy (non-hydrogen) atoms. The molecule has 6 heteroatoms. The molecule has 1 aliphatic rings. The number of hydrogen-bond acceptors (Lipinski definition) is 5. The van der Waals surface area contributed by atoms with Gasteiger partial charge in [-0.1, -0.05) is 53.2 Å². The molecule has 0 atom stereocenters. The fraction of sp³-hybridized carbons (Fsp3) is 0.240. The number of fused-ring (bicyclic) bond motifs is 1. The summed E-state index contributed by atoms with van der Waals surface area (Å²) in [5, 5.41) is 7.94. The molecule has 1 saturated carbocycles. The van der Waals surface area contributed by atoms with Crippen LogP contribution in [0.4, 0.5) is 0 Å². The first-order valence-electron chi connectivity index (χ1n) is 10.4. The van der Waals surface area contributed by atoms with Crippen molar-refractivity contribution in [2.24, 2.45) is 0 Å². The molecule has 156 valence electrons. The maximum Gasteiger partial charge on any atom is 0.259 e. The molecule has 2 aromatic heterocycles. The summed E-state index contributed by atoms with van der Waals surface area (Å²) in [7, 11) is 1.63. The van der Waals surface area contributed by atoms with Gasteiger partial charge in [0, 0.05) is 29.3 Å². The average molecular weight is 413 g/mol. The van der Waals surface area contributed by atoms with Crippen LogP contribution in [0, 0.1) is 6.92 Å². The molecule has 2 aromatic carbocycles. The second kappa shape index (κ2) is 7.87. The van der Waals surface area contributed by atoms with Gasteiger partial charge in [-0.05, 0) is 31.9 Å². The third-order valence-corrected chi connectivity index (χ3v) is 5.63. The van der Waals surface area contributed by atoms with Crippen molar-refractivity contribution < 1.29 is 14.1 Å². The maximum absolute atomic E-state index is 13.3. The highest BCUT2D eigenvalue weighted by Crippen LogP contribution is 2.41. The average Bonchev–Trinajstić information content (AvgIpc) is 3.56. The summed E-state index contributed by atoms with van der Waals surface area (Å²) in [6.45, 7) is 2.38. The van der Waals surface area contributed by atoms with Crippen LogP contribution >= 0.6 is 0 Å². The number of nitrogens with zero attached hydrogens (tertiary/aromatic N) is 2. The molecule has 1 N–H and O–H groups in total. The Balaban J connectivity index is 1.54. The Morgan fingerprint density at radius 3 is 2.71 bits per heavy atom. The van der Waals surface area contributed by atoms with Gasteiger partial charge in [-0.15, -0.1) is 0 Å².